The zero-order chi connectivity index (χ0) is 16.8. The number of piperidine rings is 1. The van der Waals surface area contributed by atoms with Crippen LogP contribution in [0.1, 0.15) is 18.5 Å². The molecule has 0 unspecified atom stereocenters. The Kier molecular flexibility index (Phi) is 5.36. The molecule has 128 valence electrons. The number of anilines is 1. The van der Waals surface area contributed by atoms with Gasteiger partial charge in [0.2, 0.25) is 0 Å². The molecule has 2 aromatic rings. The molecule has 0 radical (unpaired) electrons. The van der Waals surface area contributed by atoms with Crippen molar-refractivity contribution in [3.63, 3.8) is 0 Å². The van der Waals surface area contributed by atoms with Gasteiger partial charge in [0.05, 0.1) is 0 Å². The Morgan fingerprint density at radius 1 is 1.21 bits per heavy atom. The number of aryl methyl sites for hydroxylation is 1. The van der Waals surface area contributed by atoms with E-state index in [0.717, 1.165) is 38.0 Å². The van der Waals surface area contributed by atoms with E-state index < -0.39 is 0 Å². The lowest BCUT2D eigenvalue weighted by Crippen LogP contribution is -2.48. The summed E-state index contributed by atoms with van der Waals surface area (Å²) in [4.78, 5) is 14.4. The maximum atomic E-state index is 12.0. The Labute approximate surface area is 142 Å². The number of hydrogen-bond donors (Lipinski definition) is 2. The second-order valence-corrected chi connectivity index (χ2v) is 6.19. The van der Waals surface area contributed by atoms with Gasteiger partial charge in [-0.3, -0.25) is 4.68 Å². The van der Waals surface area contributed by atoms with Crippen LogP contribution in [0.5, 0.6) is 0 Å². The third-order valence-corrected chi connectivity index (χ3v) is 4.54. The van der Waals surface area contributed by atoms with Gasteiger partial charge in [0.15, 0.2) is 0 Å². The van der Waals surface area contributed by atoms with Gasteiger partial charge in [-0.2, -0.15) is 5.10 Å². The first-order valence-corrected chi connectivity index (χ1v) is 8.53. The summed E-state index contributed by atoms with van der Waals surface area (Å²) in [6.45, 7) is 2.57. The van der Waals surface area contributed by atoms with Gasteiger partial charge in [-0.05, 0) is 31.0 Å². The van der Waals surface area contributed by atoms with Crippen molar-refractivity contribution in [2.45, 2.75) is 25.3 Å². The zero-order valence-corrected chi connectivity index (χ0v) is 14.1. The summed E-state index contributed by atoms with van der Waals surface area (Å²) in [6, 6.07) is 12.6. The standard InChI is InChI=1S/C18H25N5O/c1-22-16(8-12-20-22)7-11-19-18(24)21-15-9-13-23(14-10-15)17-5-3-2-4-6-17/h2-6,8,12,15H,7,9-11,13-14H2,1H3,(H2,19,21,24). The van der Waals surface area contributed by atoms with E-state index in [-0.39, 0.29) is 12.1 Å². The van der Waals surface area contributed by atoms with E-state index in [9.17, 15) is 4.79 Å². The van der Waals surface area contributed by atoms with Crippen LogP contribution in [0, 0.1) is 0 Å². The Morgan fingerprint density at radius 2 is 1.96 bits per heavy atom. The van der Waals surface area contributed by atoms with Crippen molar-refractivity contribution in [2.75, 3.05) is 24.5 Å². The van der Waals surface area contributed by atoms with Crippen molar-refractivity contribution in [3.8, 4) is 0 Å². The SMILES string of the molecule is Cn1nccc1CCNC(=O)NC1CCN(c2ccccc2)CC1. The van der Waals surface area contributed by atoms with Crippen molar-refractivity contribution >= 4 is 11.7 Å². The number of carbonyl (C=O) groups excluding carboxylic acids is 1. The number of nitrogens with zero attached hydrogens (tertiary/aromatic N) is 3. The average Bonchev–Trinajstić information content (AvgIpc) is 3.01. The van der Waals surface area contributed by atoms with E-state index in [0.29, 0.717) is 6.54 Å². The van der Waals surface area contributed by atoms with Crippen molar-refractivity contribution in [3.05, 3.63) is 48.3 Å². The first kappa shape index (κ1) is 16.4. The molecule has 1 aromatic carbocycles. The summed E-state index contributed by atoms with van der Waals surface area (Å²) in [6.07, 6.45) is 4.51. The average molecular weight is 327 g/mol. The summed E-state index contributed by atoms with van der Waals surface area (Å²) in [5.74, 6) is 0. The first-order valence-electron chi connectivity index (χ1n) is 8.53. The van der Waals surface area contributed by atoms with Crippen LogP contribution in [0.15, 0.2) is 42.6 Å². The molecule has 1 fully saturated rings. The molecule has 1 aliphatic heterocycles. The Hall–Kier alpha value is -2.50. The smallest absolute Gasteiger partial charge is 0.315 e. The molecule has 6 nitrogen and oxygen atoms in total. The lowest BCUT2D eigenvalue weighted by molar-refractivity contribution is 0.234. The van der Waals surface area contributed by atoms with Crippen LogP contribution in [0.2, 0.25) is 0 Å². The van der Waals surface area contributed by atoms with Gasteiger partial charge >= 0.3 is 6.03 Å². The van der Waals surface area contributed by atoms with Gasteiger partial charge in [-0.15, -0.1) is 0 Å². The summed E-state index contributed by atoms with van der Waals surface area (Å²) in [5.41, 5.74) is 2.38. The molecule has 2 amide bonds. The fourth-order valence-corrected chi connectivity index (χ4v) is 3.11. The molecule has 0 aliphatic carbocycles. The summed E-state index contributed by atoms with van der Waals surface area (Å²) in [7, 11) is 1.91. The van der Waals surface area contributed by atoms with Crippen LogP contribution in [0.25, 0.3) is 0 Å². The minimum Gasteiger partial charge on any atom is -0.371 e. The maximum Gasteiger partial charge on any atom is 0.315 e. The molecule has 1 aliphatic rings. The van der Waals surface area contributed by atoms with E-state index in [1.54, 1.807) is 6.20 Å². The topological polar surface area (TPSA) is 62.2 Å². The molecule has 0 spiro atoms. The largest absolute Gasteiger partial charge is 0.371 e. The zero-order valence-electron chi connectivity index (χ0n) is 14.1. The Morgan fingerprint density at radius 3 is 2.62 bits per heavy atom. The quantitative estimate of drug-likeness (QED) is 0.882. The number of aromatic nitrogens is 2. The Bertz CT molecular complexity index is 646. The summed E-state index contributed by atoms with van der Waals surface area (Å²) in [5, 5.41) is 10.1. The number of carbonyl (C=O) groups is 1. The third kappa shape index (κ3) is 4.28. The molecule has 2 heterocycles. The molecule has 1 aromatic heterocycles. The molecule has 6 heteroatoms. The molecular formula is C18H25N5O. The van der Waals surface area contributed by atoms with Crippen LogP contribution in [-0.2, 0) is 13.5 Å². The molecule has 0 bridgehead atoms. The highest BCUT2D eigenvalue weighted by atomic mass is 16.2. The fourth-order valence-electron chi connectivity index (χ4n) is 3.11. The van der Waals surface area contributed by atoms with Crippen molar-refractivity contribution in [2.24, 2.45) is 7.05 Å². The highest BCUT2D eigenvalue weighted by molar-refractivity contribution is 5.74. The molecule has 3 rings (SSSR count). The molecule has 2 N–H and O–H groups in total. The second kappa shape index (κ2) is 7.86. The lowest BCUT2D eigenvalue weighted by Gasteiger charge is -2.33. The number of hydrogen-bond acceptors (Lipinski definition) is 3. The summed E-state index contributed by atoms with van der Waals surface area (Å²) < 4.78 is 1.83. The summed E-state index contributed by atoms with van der Waals surface area (Å²) >= 11 is 0. The fraction of sp³-hybridized carbons (Fsp3) is 0.444. The van der Waals surface area contributed by atoms with E-state index in [2.05, 4.69) is 44.9 Å². The number of benzene rings is 1. The van der Waals surface area contributed by atoms with Gasteiger partial charge in [0.1, 0.15) is 0 Å². The number of rotatable bonds is 5. The van der Waals surface area contributed by atoms with E-state index in [4.69, 9.17) is 0 Å². The highest BCUT2D eigenvalue weighted by Gasteiger charge is 2.20. The van der Waals surface area contributed by atoms with Crippen molar-refractivity contribution in [1.82, 2.24) is 20.4 Å². The predicted molar refractivity (Wildman–Crippen MR) is 95.1 cm³/mol. The lowest BCUT2D eigenvalue weighted by atomic mass is 10.0. The minimum atomic E-state index is -0.0738. The van der Waals surface area contributed by atoms with Crippen LogP contribution in [0.4, 0.5) is 10.5 Å². The molecule has 0 saturated carbocycles. The highest BCUT2D eigenvalue weighted by Crippen LogP contribution is 2.19. The maximum absolute atomic E-state index is 12.0. The third-order valence-electron chi connectivity index (χ3n) is 4.54. The molecular weight excluding hydrogens is 302 g/mol. The predicted octanol–water partition coefficient (Wildman–Crippen LogP) is 1.93. The molecule has 24 heavy (non-hydrogen) atoms. The van der Waals surface area contributed by atoms with Crippen LogP contribution < -0.4 is 15.5 Å². The van der Waals surface area contributed by atoms with E-state index in [1.165, 1.54) is 5.69 Å². The van der Waals surface area contributed by atoms with Gasteiger partial charge in [0, 0.05) is 56.7 Å². The number of urea groups is 1. The number of nitrogens with one attached hydrogen (secondary N) is 2. The van der Waals surface area contributed by atoms with Crippen LogP contribution in [-0.4, -0.2) is 41.5 Å². The van der Waals surface area contributed by atoms with E-state index >= 15 is 0 Å². The van der Waals surface area contributed by atoms with Gasteiger partial charge < -0.3 is 15.5 Å². The Balaban J connectivity index is 1.36. The first-order chi connectivity index (χ1) is 11.7. The minimum absolute atomic E-state index is 0.0738. The number of amides is 2. The molecule has 1 saturated heterocycles. The van der Waals surface area contributed by atoms with Crippen molar-refractivity contribution < 1.29 is 4.79 Å². The normalized spacial score (nSPS) is 15.3. The number of para-hydroxylation sites is 1. The second-order valence-electron chi connectivity index (χ2n) is 6.19. The molecule has 0 atom stereocenters. The monoisotopic (exact) mass is 327 g/mol. The van der Waals surface area contributed by atoms with Crippen LogP contribution in [0.3, 0.4) is 0 Å². The van der Waals surface area contributed by atoms with Gasteiger partial charge in [0.25, 0.3) is 0 Å². The van der Waals surface area contributed by atoms with Gasteiger partial charge in [-0.1, -0.05) is 18.2 Å². The van der Waals surface area contributed by atoms with Gasteiger partial charge in [-0.25, -0.2) is 4.79 Å². The van der Waals surface area contributed by atoms with E-state index in [1.807, 2.05) is 23.9 Å². The van der Waals surface area contributed by atoms with Crippen LogP contribution >= 0.6 is 0 Å². The van der Waals surface area contributed by atoms with Crippen molar-refractivity contribution in [1.29, 1.82) is 0 Å².